The molecular formula is C9H8ClN5O. The molecule has 2 rings (SSSR count). The molecule has 0 atom stereocenters. The summed E-state index contributed by atoms with van der Waals surface area (Å²) >= 11 is 5.98. The SMILES string of the molecule is NC(=NO)c1nccn1-c1ncccc1Cl. The van der Waals surface area contributed by atoms with Crippen LogP contribution in [0, 0.1) is 0 Å². The Hall–Kier alpha value is -2.08. The third-order valence-electron chi connectivity index (χ3n) is 1.94. The van der Waals surface area contributed by atoms with Crippen molar-refractivity contribution in [3.05, 3.63) is 41.6 Å². The van der Waals surface area contributed by atoms with Crippen LogP contribution in [-0.4, -0.2) is 25.6 Å². The molecule has 2 aromatic heterocycles. The van der Waals surface area contributed by atoms with Crippen LogP contribution in [0.5, 0.6) is 0 Å². The number of halogens is 1. The van der Waals surface area contributed by atoms with E-state index in [2.05, 4.69) is 15.1 Å². The Bertz CT molecular complexity index is 536. The van der Waals surface area contributed by atoms with E-state index in [1.807, 2.05) is 0 Å². The molecule has 0 unspecified atom stereocenters. The van der Waals surface area contributed by atoms with E-state index in [1.54, 1.807) is 24.5 Å². The lowest BCUT2D eigenvalue weighted by atomic mass is 10.4. The fraction of sp³-hybridized carbons (Fsp3) is 0. The highest BCUT2D eigenvalue weighted by Crippen LogP contribution is 2.18. The van der Waals surface area contributed by atoms with Crippen molar-refractivity contribution in [3.8, 4) is 5.82 Å². The van der Waals surface area contributed by atoms with Crippen LogP contribution in [0.2, 0.25) is 5.02 Å². The van der Waals surface area contributed by atoms with Crippen molar-refractivity contribution in [2.75, 3.05) is 0 Å². The lowest BCUT2D eigenvalue weighted by Crippen LogP contribution is -2.19. The molecule has 7 heteroatoms. The van der Waals surface area contributed by atoms with Crippen LogP contribution < -0.4 is 5.73 Å². The van der Waals surface area contributed by atoms with Gasteiger partial charge in [-0.1, -0.05) is 16.8 Å². The molecule has 2 heterocycles. The van der Waals surface area contributed by atoms with E-state index in [0.717, 1.165) is 0 Å². The quantitative estimate of drug-likeness (QED) is 0.353. The van der Waals surface area contributed by atoms with Crippen molar-refractivity contribution in [1.29, 1.82) is 0 Å². The maximum atomic E-state index is 8.60. The van der Waals surface area contributed by atoms with E-state index in [9.17, 15) is 0 Å². The lowest BCUT2D eigenvalue weighted by Gasteiger charge is -2.06. The van der Waals surface area contributed by atoms with Gasteiger partial charge in [0.05, 0.1) is 5.02 Å². The molecule has 0 aromatic carbocycles. The minimum absolute atomic E-state index is 0.105. The van der Waals surface area contributed by atoms with Crippen LogP contribution in [0.25, 0.3) is 5.82 Å². The summed E-state index contributed by atoms with van der Waals surface area (Å²) in [6, 6.07) is 3.41. The van der Waals surface area contributed by atoms with Crippen LogP contribution in [0.15, 0.2) is 35.9 Å². The summed E-state index contributed by atoms with van der Waals surface area (Å²) in [4.78, 5) is 8.05. The molecule has 0 spiro atoms. The number of amidine groups is 1. The predicted octanol–water partition coefficient (Wildman–Crippen LogP) is 1.02. The van der Waals surface area contributed by atoms with E-state index < -0.39 is 0 Å². The molecule has 0 aliphatic carbocycles. The second-order valence-electron chi connectivity index (χ2n) is 2.91. The summed E-state index contributed by atoms with van der Waals surface area (Å²) < 4.78 is 1.54. The number of oxime groups is 1. The first-order valence-corrected chi connectivity index (χ1v) is 4.74. The van der Waals surface area contributed by atoms with Gasteiger partial charge in [0.2, 0.25) is 5.84 Å². The standard InChI is InChI=1S/C9H8ClN5O/c10-6-2-1-3-12-8(6)15-5-4-13-9(15)7(11)14-16/h1-5,16H,(H2,11,14). The molecule has 0 aliphatic heterocycles. The van der Waals surface area contributed by atoms with E-state index in [4.69, 9.17) is 22.5 Å². The first-order valence-electron chi connectivity index (χ1n) is 4.36. The van der Waals surface area contributed by atoms with Gasteiger partial charge in [0.1, 0.15) is 0 Å². The van der Waals surface area contributed by atoms with E-state index in [1.165, 1.54) is 10.8 Å². The molecule has 0 amide bonds. The van der Waals surface area contributed by atoms with Crippen molar-refractivity contribution in [2.45, 2.75) is 0 Å². The largest absolute Gasteiger partial charge is 0.409 e. The highest BCUT2D eigenvalue weighted by Gasteiger charge is 2.12. The normalized spacial score (nSPS) is 11.7. The fourth-order valence-electron chi connectivity index (χ4n) is 1.26. The summed E-state index contributed by atoms with van der Waals surface area (Å²) in [6.45, 7) is 0. The molecule has 0 fully saturated rings. The Labute approximate surface area is 96.0 Å². The number of nitrogens with zero attached hydrogens (tertiary/aromatic N) is 4. The van der Waals surface area contributed by atoms with Crippen LogP contribution >= 0.6 is 11.6 Å². The summed E-state index contributed by atoms with van der Waals surface area (Å²) in [5, 5.41) is 11.9. The van der Waals surface area contributed by atoms with Gasteiger partial charge in [0, 0.05) is 18.6 Å². The van der Waals surface area contributed by atoms with Gasteiger partial charge in [-0.05, 0) is 12.1 Å². The van der Waals surface area contributed by atoms with Crippen LogP contribution in [0.3, 0.4) is 0 Å². The van der Waals surface area contributed by atoms with Crippen LogP contribution in [0.4, 0.5) is 0 Å². The van der Waals surface area contributed by atoms with Gasteiger partial charge in [-0.15, -0.1) is 0 Å². The summed E-state index contributed by atoms with van der Waals surface area (Å²) in [6.07, 6.45) is 4.73. The highest BCUT2D eigenvalue weighted by molar-refractivity contribution is 6.32. The van der Waals surface area contributed by atoms with Gasteiger partial charge in [0.15, 0.2) is 11.6 Å². The minimum Gasteiger partial charge on any atom is -0.409 e. The number of nitrogens with two attached hydrogens (primary N) is 1. The number of pyridine rings is 1. The lowest BCUT2D eigenvalue weighted by molar-refractivity contribution is 0.318. The van der Waals surface area contributed by atoms with Gasteiger partial charge in [-0.25, -0.2) is 9.97 Å². The van der Waals surface area contributed by atoms with Crippen molar-refractivity contribution in [1.82, 2.24) is 14.5 Å². The Balaban J connectivity index is 2.58. The Morgan fingerprint density at radius 3 is 2.94 bits per heavy atom. The number of hydrogen-bond acceptors (Lipinski definition) is 4. The van der Waals surface area contributed by atoms with E-state index in [0.29, 0.717) is 10.8 Å². The second-order valence-corrected chi connectivity index (χ2v) is 3.32. The maximum absolute atomic E-state index is 8.60. The number of rotatable bonds is 2. The van der Waals surface area contributed by atoms with E-state index >= 15 is 0 Å². The third-order valence-corrected chi connectivity index (χ3v) is 2.24. The molecule has 0 radical (unpaired) electrons. The predicted molar refractivity (Wildman–Crippen MR) is 58.9 cm³/mol. The first kappa shape index (κ1) is 10.4. The zero-order valence-electron chi connectivity index (χ0n) is 8.08. The Morgan fingerprint density at radius 2 is 2.25 bits per heavy atom. The van der Waals surface area contributed by atoms with Gasteiger partial charge >= 0.3 is 0 Å². The smallest absolute Gasteiger partial charge is 0.206 e. The zero-order chi connectivity index (χ0) is 11.5. The van der Waals surface area contributed by atoms with Gasteiger partial charge < -0.3 is 10.9 Å². The van der Waals surface area contributed by atoms with Crippen molar-refractivity contribution < 1.29 is 5.21 Å². The number of imidazole rings is 1. The molecule has 16 heavy (non-hydrogen) atoms. The number of aromatic nitrogens is 3. The van der Waals surface area contributed by atoms with Crippen LogP contribution in [0.1, 0.15) is 5.82 Å². The van der Waals surface area contributed by atoms with Gasteiger partial charge in [-0.3, -0.25) is 4.57 Å². The summed E-state index contributed by atoms with van der Waals surface area (Å²) in [5.41, 5.74) is 5.47. The summed E-state index contributed by atoms with van der Waals surface area (Å²) in [5.74, 6) is 0.651. The second kappa shape index (κ2) is 4.19. The van der Waals surface area contributed by atoms with Crippen molar-refractivity contribution in [3.63, 3.8) is 0 Å². The zero-order valence-corrected chi connectivity index (χ0v) is 8.83. The molecular weight excluding hydrogens is 230 g/mol. The maximum Gasteiger partial charge on any atom is 0.206 e. The molecule has 6 nitrogen and oxygen atoms in total. The monoisotopic (exact) mass is 237 g/mol. The fourth-order valence-corrected chi connectivity index (χ4v) is 1.48. The Morgan fingerprint density at radius 1 is 1.44 bits per heavy atom. The third kappa shape index (κ3) is 1.70. The highest BCUT2D eigenvalue weighted by atomic mass is 35.5. The Kier molecular flexibility index (Phi) is 2.74. The molecule has 82 valence electrons. The molecule has 0 saturated carbocycles. The molecule has 3 N–H and O–H groups in total. The van der Waals surface area contributed by atoms with Gasteiger partial charge in [0.25, 0.3) is 0 Å². The average Bonchev–Trinajstić information content (AvgIpc) is 2.77. The summed E-state index contributed by atoms with van der Waals surface area (Å²) in [7, 11) is 0. The van der Waals surface area contributed by atoms with Gasteiger partial charge in [-0.2, -0.15) is 0 Å². The molecule has 0 saturated heterocycles. The van der Waals surface area contributed by atoms with Crippen molar-refractivity contribution in [2.24, 2.45) is 10.9 Å². The van der Waals surface area contributed by atoms with Crippen LogP contribution in [-0.2, 0) is 0 Å². The minimum atomic E-state index is -0.105. The van der Waals surface area contributed by atoms with Crippen molar-refractivity contribution >= 4 is 17.4 Å². The average molecular weight is 238 g/mol. The molecule has 2 aromatic rings. The molecule has 0 aliphatic rings. The molecule has 0 bridgehead atoms. The first-order chi connectivity index (χ1) is 7.74. The number of hydrogen-bond donors (Lipinski definition) is 2. The topological polar surface area (TPSA) is 89.3 Å². The van der Waals surface area contributed by atoms with E-state index in [-0.39, 0.29) is 11.7 Å².